The van der Waals surface area contributed by atoms with Crippen molar-refractivity contribution in [2.24, 2.45) is 0 Å². The lowest BCUT2D eigenvalue weighted by molar-refractivity contribution is 0.276. The summed E-state index contributed by atoms with van der Waals surface area (Å²) in [6, 6.07) is 3.76. The number of anilines is 1. The molecule has 0 amide bonds. The summed E-state index contributed by atoms with van der Waals surface area (Å²) < 4.78 is 12.8. The lowest BCUT2D eigenvalue weighted by atomic mass is 10.1. The highest BCUT2D eigenvalue weighted by Gasteiger charge is 2.18. The van der Waals surface area contributed by atoms with Crippen LogP contribution in [0.1, 0.15) is 12.8 Å². The third kappa shape index (κ3) is 1.94. The second kappa shape index (κ2) is 3.68. The summed E-state index contributed by atoms with van der Waals surface area (Å²) in [5.41, 5.74) is 0. The van der Waals surface area contributed by atoms with Crippen LogP contribution in [-0.4, -0.2) is 29.5 Å². The van der Waals surface area contributed by atoms with Gasteiger partial charge in [-0.1, -0.05) is 0 Å². The van der Waals surface area contributed by atoms with Crippen LogP contribution >= 0.6 is 0 Å². The smallest absolute Gasteiger partial charge is 0.151 e. The second-order valence-corrected chi connectivity index (χ2v) is 3.24. The van der Waals surface area contributed by atoms with E-state index in [-0.39, 0.29) is 0 Å². The summed E-state index contributed by atoms with van der Waals surface area (Å²) >= 11 is 0. The number of hydrogen-bond donors (Lipinski definition) is 0. The molecule has 0 saturated carbocycles. The third-order valence-corrected chi connectivity index (χ3v) is 2.31. The van der Waals surface area contributed by atoms with Gasteiger partial charge in [-0.05, 0) is 25.0 Å². The number of hydrogen-bond acceptors (Lipinski definition) is 3. The lowest BCUT2D eigenvalue weighted by Crippen LogP contribution is -2.34. The monoisotopic (exact) mass is 181 g/mol. The largest absolute Gasteiger partial charge is 0.355 e. The highest BCUT2D eigenvalue weighted by atomic mass is 19.1. The molecule has 0 aromatic carbocycles. The summed E-state index contributed by atoms with van der Waals surface area (Å²) in [5.74, 6) is 0.856. The Labute approximate surface area is 76.6 Å². The first-order chi connectivity index (χ1) is 6.36. The Bertz CT molecular complexity index is 257. The van der Waals surface area contributed by atoms with Crippen LogP contribution < -0.4 is 4.90 Å². The van der Waals surface area contributed by atoms with Gasteiger partial charge in [0.25, 0.3) is 0 Å². The molecule has 2 rings (SSSR count). The fourth-order valence-corrected chi connectivity index (χ4v) is 1.54. The maximum absolute atomic E-state index is 12.8. The first-order valence-corrected chi connectivity index (χ1v) is 4.53. The molecular formula is C9H12FN3. The molecule has 13 heavy (non-hydrogen) atoms. The van der Waals surface area contributed by atoms with E-state index in [0.29, 0.717) is 12.8 Å². The molecule has 1 aromatic rings. The zero-order valence-electron chi connectivity index (χ0n) is 7.36. The molecule has 0 atom stereocenters. The molecule has 1 saturated heterocycles. The molecule has 0 bridgehead atoms. The first kappa shape index (κ1) is 8.41. The quantitative estimate of drug-likeness (QED) is 0.656. The van der Waals surface area contributed by atoms with Gasteiger partial charge in [0.05, 0.1) is 0 Å². The van der Waals surface area contributed by atoms with E-state index in [1.807, 2.05) is 12.1 Å². The van der Waals surface area contributed by atoms with Gasteiger partial charge in [0.2, 0.25) is 0 Å². The summed E-state index contributed by atoms with van der Waals surface area (Å²) in [4.78, 5) is 2.07. The standard InChI is InChI=1S/C9H12FN3/c10-8-3-6-13(7-4-8)9-2-1-5-11-12-9/h1-2,5,8H,3-4,6-7H2. The molecule has 1 aromatic heterocycles. The van der Waals surface area contributed by atoms with Crippen molar-refractivity contribution in [3.05, 3.63) is 18.3 Å². The summed E-state index contributed by atoms with van der Waals surface area (Å²) in [6.07, 6.45) is 2.23. The Kier molecular flexibility index (Phi) is 2.38. The van der Waals surface area contributed by atoms with Gasteiger partial charge in [-0.2, -0.15) is 5.10 Å². The van der Waals surface area contributed by atoms with Gasteiger partial charge < -0.3 is 4.90 Å². The molecule has 4 heteroatoms. The van der Waals surface area contributed by atoms with Crippen molar-refractivity contribution in [1.29, 1.82) is 0 Å². The highest BCUT2D eigenvalue weighted by Crippen LogP contribution is 2.18. The van der Waals surface area contributed by atoms with Crippen molar-refractivity contribution in [3.63, 3.8) is 0 Å². The van der Waals surface area contributed by atoms with Gasteiger partial charge in [-0.25, -0.2) is 4.39 Å². The van der Waals surface area contributed by atoms with E-state index in [9.17, 15) is 4.39 Å². The Hall–Kier alpha value is -1.19. The SMILES string of the molecule is FC1CCN(c2cccnn2)CC1. The predicted octanol–water partition coefficient (Wildman–Crippen LogP) is 1.41. The average Bonchev–Trinajstić information content (AvgIpc) is 2.20. The average molecular weight is 181 g/mol. The van der Waals surface area contributed by atoms with Crippen molar-refractivity contribution in [2.45, 2.75) is 19.0 Å². The molecule has 70 valence electrons. The van der Waals surface area contributed by atoms with Crippen molar-refractivity contribution in [2.75, 3.05) is 18.0 Å². The number of nitrogens with zero attached hydrogens (tertiary/aromatic N) is 3. The zero-order valence-corrected chi connectivity index (χ0v) is 7.36. The molecule has 2 heterocycles. The number of halogens is 1. The number of piperidine rings is 1. The van der Waals surface area contributed by atoms with Gasteiger partial charge in [0, 0.05) is 19.3 Å². The summed E-state index contributed by atoms with van der Waals surface area (Å²) in [5, 5.41) is 7.77. The Morgan fingerprint density at radius 1 is 1.38 bits per heavy atom. The van der Waals surface area contributed by atoms with E-state index in [1.165, 1.54) is 0 Å². The van der Waals surface area contributed by atoms with E-state index in [1.54, 1.807) is 6.20 Å². The van der Waals surface area contributed by atoms with Gasteiger partial charge in [0.15, 0.2) is 5.82 Å². The Morgan fingerprint density at radius 2 is 2.15 bits per heavy atom. The lowest BCUT2D eigenvalue weighted by Gasteiger charge is -2.28. The fourth-order valence-electron chi connectivity index (χ4n) is 1.54. The molecule has 0 spiro atoms. The van der Waals surface area contributed by atoms with Crippen LogP contribution in [0.2, 0.25) is 0 Å². The molecule has 3 nitrogen and oxygen atoms in total. The predicted molar refractivity (Wildman–Crippen MR) is 48.4 cm³/mol. The second-order valence-electron chi connectivity index (χ2n) is 3.24. The molecular weight excluding hydrogens is 169 g/mol. The van der Waals surface area contributed by atoms with Gasteiger partial charge in [-0.3, -0.25) is 0 Å². The van der Waals surface area contributed by atoms with Crippen LogP contribution in [0.5, 0.6) is 0 Å². The van der Waals surface area contributed by atoms with E-state index < -0.39 is 6.17 Å². The fraction of sp³-hybridized carbons (Fsp3) is 0.556. The van der Waals surface area contributed by atoms with Crippen LogP contribution in [0, 0.1) is 0 Å². The number of rotatable bonds is 1. The zero-order chi connectivity index (χ0) is 9.10. The number of alkyl halides is 1. The first-order valence-electron chi connectivity index (χ1n) is 4.53. The van der Waals surface area contributed by atoms with Crippen molar-refractivity contribution in [3.8, 4) is 0 Å². The molecule has 1 fully saturated rings. The minimum atomic E-state index is -0.632. The van der Waals surface area contributed by atoms with Crippen molar-refractivity contribution in [1.82, 2.24) is 10.2 Å². The van der Waals surface area contributed by atoms with Gasteiger partial charge in [0.1, 0.15) is 6.17 Å². The van der Waals surface area contributed by atoms with Crippen LogP contribution in [0.15, 0.2) is 18.3 Å². The normalized spacial score (nSPS) is 19.0. The molecule has 1 aliphatic heterocycles. The van der Waals surface area contributed by atoms with E-state index in [2.05, 4.69) is 15.1 Å². The topological polar surface area (TPSA) is 29.0 Å². The maximum atomic E-state index is 12.8. The maximum Gasteiger partial charge on any atom is 0.151 e. The molecule has 0 unspecified atom stereocenters. The minimum absolute atomic E-state index is 0.608. The minimum Gasteiger partial charge on any atom is -0.355 e. The Balaban J connectivity index is 2.03. The van der Waals surface area contributed by atoms with Crippen molar-refractivity contribution < 1.29 is 4.39 Å². The number of aromatic nitrogens is 2. The highest BCUT2D eigenvalue weighted by molar-refractivity contribution is 5.36. The molecule has 0 radical (unpaired) electrons. The van der Waals surface area contributed by atoms with Crippen LogP contribution in [0.3, 0.4) is 0 Å². The molecule has 0 N–H and O–H groups in total. The Morgan fingerprint density at radius 3 is 2.77 bits per heavy atom. The molecule has 0 aliphatic carbocycles. The third-order valence-electron chi connectivity index (χ3n) is 2.31. The van der Waals surface area contributed by atoms with E-state index >= 15 is 0 Å². The van der Waals surface area contributed by atoms with E-state index in [4.69, 9.17) is 0 Å². The van der Waals surface area contributed by atoms with E-state index in [0.717, 1.165) is 18.9 Å². The van der Waals surface area contributed by atoms with Gasteiger partial charge >= 0.3 is 0 Å². The summed E-state index contributed by atoms with van der Waals surface area (Å²) in [6.45, 7) is 1.50. The van der Waals surface area contributed by atoms with Gasteiger partial charge in [-0.15, -0.1) is 5.10 Å². The van der Waals surface area contributed by atoms with Crippen LogP contribution in [0.4, 0.5) is 10.2 Å². The van der Waals surface area contributed by atoms with Crippen LogP contribution in [0.25, 0.3) is 0 Å². The molecule has 1 aliphatic rings. The van der Waals surface area contributed by atoms with Crippen LogP contribution in [-0.2, 0) is 0 Å². The summed E-state index contributed by atoms with van der Waals surface area (Å²) in [7, 11) is 0. The van der Waals surface area contributed by atoms with Crippen molar-refractivity contribution >= 4 is 5.82 Å².